The summed E-state index contributed by atoms with van der Waals surface area (Å²) in [7, 11) is 3.94. The Kier molecular flexibility index (Phi) is 5.34. The molecule has 4 rings (SSSR count). The van der Waals surface area contributed by atoms with Crippen LogP contribution in [0.3, 0.4) is 0 Å². The minimum atomic E-state index is -0.358. The van der Waals surface area contributed by atoms with Crippen molar-refractivity contribution in [3.63, 3.8) is 0 Å². The number of carbonyl (C=O) groups is 2. The van der Waals surface area contributed by atoms with Crippen LogP contribution in [0.4, 0.5) is 17.1 Å². The zero-order chi connectivity index (χ0) is 22.1. The molecule has 3 aromatic carbocycles. The van der Waals surface area contributed by atoms with Gasteiger partial charge < -0.3 is 10.2 Å². The number of aryl methyl sites for hydroxylation is 2. The van der Waals surface area contributed by atoms with E-state index in [0.717, 1.165) is 22.5 Å². The van der Waals surface area contributed by atoms with Crippen molar-refractivity contribution in [1.29, 1.82) is 0 Å². The van der Waals surface area contributed by atoms with Crippen LogP contribution in [0, 0.1) is 13.8 Å². The molecule has 1 aliphatic rings. The van der Waals surface area contributed by atoms with Gasteiger partial charge in [0.05, 0.1) is 11.3 Å². The SMILES string of the molecule is Cc1ccc(N2C(=O)C(Nc3ccc(N(C)C)cc3)=C(c3ccccc3)C2=O)cc1C. The van der Waals surface area contributed by atoms with Crippen LogP contribution in [-0.2, 0) is 9.59 Å². The maximum atomic E-state index is 13.5. The van der Waals surface area contributed by atoms with Gasteiger partial charge in [0.25, 0.3) is 11.8 Å². The Morgan fingerprint density at radius 1 is 0.774 bits per heavy atom. The number of nitrogens with zero attached hydrogens (tertiary/aromatic N) is 2. The summed E-state index contributed by atoms with van der Waals surface area (Å²) < 4.78 is 0. The fourth-order valence-electron chi connectivity index (χ4n) is 3.60. The average Bonchev–Trinajstić information content (AvgIpc) is 3.00. The van der Waals surface area contributed by atoms with Crippen LogP contribution in [0.2, 0.25) is 0 Å². The molecule has 0 saturated heterocycles. The van der Waals surface area contributed by atoms with Gasteiger partial charge in [-0.05, 0) is 66.9 Å². The maximum absolute atomic E-state index is 13.5. The van der Waals surface area contributed by atoms with Crippen molar-refractivity contribution in [2.24, 2.45) is 0 Å². The van der Waals surface area contributed by atoms with Crippen molar-refractivity contribution in [1.82, 2.24) is 0 Å². The number of hydrogen-bond donors (Lipinski definition) is 1. The maximum Gasteiger partial charge on any atom is 0.282 e. The third-order valence-corrected chi connectivity index (χ3v) is 5.55. The molecule has 0 fully saturated rings. The zero-order valence-electron chi connectivity index (χ0n) is 18.1. The first kappa shape index (κ1) is 20.4. The van der Waals surface area contributed by atoms with Gasteiger partial charge in [0.2, 0.25) is 0 Å². The highest BCUT2D eigenvalue weighted by atomic mass is 16.2. The minimum absolute atomic E-state index is 0.284. The molecule has 2 amide bonds. The summed E-state index contributed by atoms with van der Waals surface area (Å²) in [5.41, 5.74) is 5.88. The lowest BCUT2D eigenvalue weighted by Crippen LogP contribution is -2.32. The second kappa shape index (κ2) is 8.11. The summed E-state index contributed by atoms with van der Waals surface area (Å²) in [6, 6.07) is 22.7. The van der Waals surface area contributed by atoms with Gasteiger partial charge in [-0.15, -0.1) is 0 Å². The molecule has 31 heavy (non-hydrogen) atoms. The Labute approximate surface area is 182 Å². The quantitative estimate of drug-likeness (QED) is 0.615. The van der Waals surface area contributed by atoms with Crippen molar-refractivity contribution in [2.75, 3.05) is 29.2 Å². The van der Waals surface area contributed by atoms with Crippen LogP contribution in [0.25, 0.3) is 5.57 Å². The van der Waals surface area contributed by atoms with Gasteiger partial charge in [-0.25, -0.2) is 4.90 Å². The smallest absolute Gasteiger partial charge is 0.282 e. The Morgan fingerprint density at radius 3 is 2.06 bits per heavy atom. The van der Waals surface area contributed by atoms with E-state index in [9.17, 15) is 9.59 Å². The molecule has 0 aliphatic carbocycles. The van der Waals surface area contributed by atoms with Gasteiger partial charge in [0.15, 0.2) is 0 Å². The van der Waals surface area contributed by atoms with Crippen LogP contribution >= 0.6 is 0 Å². The molecule has 0 aromatic heterocycles. The monoisotopic (exact) mass is 411 g/mol. The van der Waals surface area contributed by atoms with Crippen LogP contribution < -0.4 is 15.1 Å². The number of amides is 2. The first-order chi connectivity index (χ1) is 14.9. The number of carbonyl (C=O) groups excluding carboxylic acids is 2. The van der Waals surface area contributed by atoms with Gasteiger partial charge in [0.1, 0.15) is 5.70 Å². The Morgan fingerprint density at radius 2 is 1.45 bits per heavy atom. The molecule has 0 atom stereocenters. The summed E-state index contributed by atoms with van der Waals surface area (Å²) >= 11 is 0. The van der Waals surface area contributed by atoms with E-state index in [1.165, 1.54) is 4.90 Å². The molecule has 5 heteroatoms. The summed E-state index contributed by atoms with van der Waals surface area (Å²) in [5.74, 6) is -0.685. The number of nitrogens with one attached hydrogen (secondary N) is 1. The van der Waals surface area contributed by atoms with E-state index >= 15 is 0 Å². The number of benzene rings is 3. The van der Waals surface area contributed by atoms with Crippen molar-refractivity contribution in [3.05, 3.63) is 95.2 Å². The summed E-state index contributed by atoms with van der Waals surface area (Å²) in [5, 5.41) is 3.21. The normalized spacial score (nSPS) is 13.7. The second-order valence-electron chi connectivity index (χ2n) is 7.90. The number of anilines is 3. The third kappa shape index (κ3) is 3.82. The standard InChI is InChI=1S/C26H25N3O2/c1-17-10-13-22(16-18(17)2)29-25(30)23(19-8-6-5-7-9-19)24(26(29)31)27-20-11-14-21(15-12-20)28(3)4/h5-16,27H,1-4H3. The van der Waals surface area contributed by atoms with Crippen molar-refractivity contribution in [2.45, 2.75) is 13.8 Å². The zero-order valence-corrected chi connectivity index (χ0v) is 18.1. The van der Waals surface area contributed by atoms with Crippen molar-refractivity contribution >= 4 is 34.4 Å². The molecule has 0 unspecified atom stereocenters. The Balaban J connectivity index is 1.77. The molecule has 0 radical (unpaired) electrons. The lowest BCUT2D eigenvalue weighted by atomic mass is 10.0. The van der Waals surface area contributed by atoms with Crippen LogP contribution in [0.1, 0.15) is 16.7 Å². The lowest BCUT2D eigenvalue weighted by Gasteiger charge is -2.17. The number of rotatable bonds is 5. The van der Waals surface area contributed by atoms with Gasteiger partial charge in [0, 0.05) is 25.5 Å². The van der Waals surface area contributed by atoms with E-state index in [1.54, 1.807) is 0 Å². The number of hydrogen-bond acceptors (Lipinski definition) is 4. The van der Waals surface area contributed by atoms with E-state index in [-0.39, 0.29) is 17.5 Å². The van der Waals surface area contributed by atoms with Crippen molar-refractivity contribution in [3.8, 4) is 0 Å². The van der Waals surface area contributed by atoms with Gasteiger partial charge >= 0.3 is 0 Å². The molecule has 1 heterocycles. The van der Waals surface area contributed by atoms with Crippen LogP contribution in [-0.4, -0.2) is 25.9 Å². The molecule has 156 valence electrons. The molecule has 0 spiro atoms. The van der Waals surface area contributed by atoms with Gasteiger partial charge in [-0.2, -0.15) is 0 Å². The Hall–Kier alpha value is -3.86. The summed E-state index contributed by atoms with van der Waals surface area (Å²) in [6.07, 6.45) is 0. The first-order valence-corrected chi connectivity index (χ1v) is 10.2. The third-order valence-electron chi connectivity index (χ3n) is 5.55. The average molecular weight is 412 g/mol. The summed E-state index contributed by atoms with van der Waals surface area (Å²) in [4.78, 5) is 30.2. The second-order valence-corrected chi connectivity index (χ2v) is 7.90. The Bertz CT molecular complexity index is 1180. The largest absolute Gasteiger partial charge is 0.378 e. The molecule has 1 N–H and O–H groups in total. The topological polar surface area (TPSA) is 52.7 Å². The molecule has 5 nitrogen and oxygen atoms in total. The number of imide groups is 1. The van der Waals surface area contributed by atoms with Crippen molar-refractivity contribution < 1.29 is 9.59 Å². The lowest BCUT2D eigenvalue weighted by molar-refractivity contribution is -0.120. The molecular weight excluding hydrogens is 386 g/mol. The minimum Gasteiger partial charge on any atom is -0.378 e. The fraction of sp³-hybridized carbons (Fsp3) is 0.154. The fourth-order valence-corrected chi connectivity index (χ4v) is 3.60. The molecule has 1 aliphatic heterocycles. The van der Waals surface area contributed by atoms with Gasteiger partial charge in [-0.1, -0.05) is 36.4 Å². The van der Waals surface area contributed by atoms with E-state index in [0.29, 0.717) is 16.8 Å². The molecule has 0 bridgehead atoms. The highest BCUT2D eigenvalue weighted by molar-refractivity contribution is 6.46. The predicted octanol–water partition coefficient (Wildman–Crippen LogP) is 4.77. The highest BCUT2D eigenvalue weighted by Gasteiger charge is 2.40. The molecule has 0 saturated carbocycles. The van der Waals surface area contributed by atoms with E-state index < -0.39 is 0 Å². The van der Waals surface area contributed by atoms with Crippen LogP contribution in [0.5, 0.6) is 0 Å². The molecule has 3 aromatic rings. The summed E-state index contributed by atoms with van der Waals surface area (Å²) in [6.45, 7) is 3.98. The predicted molar refractivity (Wildman–Crippen MR) is 126 cm³/mol. The van der Waals surface area contributed by atoms with E-state index in [1.807, 2.05) is 106 Å². The van der Waals surface area contributed by atoms with E-state index in [2.05, 4.69) is 5.32 Å². The van der Waals surface area contributed by atoms with Crippen LogP contribution in [0.15, 0.2) is 78.5 Å². The highest BCUT2D eigenvalue weighted by Crippen LogP contribution is 2.34. The first-order valence-electron chi connectivity index (χ1n) is 10.2. The van der Waals surface area contributed by atoms with E-state index in [4.69, 9.17) is 0 Å². The molecular formula is C26H25N3O2. The van der Waals surface area contributed by atoms with Gasteiger partial charge in [-0.3, -0.25) is 9.59 Å².